The number of urea groups is 1. The van der Waals surface area contributed by atoms with Crippen LogP contribution in [0.15, 0.2) is 0 Å². The van der Waals surface area contributed by atoms with Gasteiger partial charge in [-0.1, -0.05) is 0 Å². The molecule has 1 N–H and O–H groups in total. The predicted molar refractivity (Wildman–Crippen MR) is 35.2 cm³/mol. The minimum Gasteiger partial charge on any atom is -0.335 e. The summed E-state index contributed by atoms with van der Waals surface area (Å²) in [6.07, 6.45) is 2.30. The van der Waals surface area contributed by atoms with E-state index in [4.69, 9.17) is 0 Å². The monoisotopic (exact) mass is 128 g/mol. The molecule has 0 saturated heterocycles. The van der Waals surface area contributed by atoms with Gasteiger partial charge in [-0.05, 0) is 12.8 Å². The van der Waals surface area contributed by atoms with Crippen LogP contribution in [0.25, 0.3) is 0 Å². The Hall–Kier alpha value is -0.730. The van der Waals surface area contributed by atoms with Gasteiger partial charge in [0.15, 0.2) is 0 Å². The van der Waals surface area contributed by atoms with Crippen LogP contribution in [0.3, 0.4) is 0 Å². The maximum absolute atomic E-state index is 10.8. The van der Waals surface area contributed by atoms with Crippen molar-refractivity contribution in [2.45, 2.75) is 18.9 Å². The fourth-order valence-corrected chi connectivity index (χ4v) is 0.531. The van der Waals surface area contributed by atoms with Crippen molar-refractivity contribution in [1.82, 2.24) is 10.2 Å². The third-order valence-electron chi connectivity index (χ3n) is 1.31. The number of hydrogen-bond acceptors (Lipinski definition) is 1. The third-order valence-corrected chi connectivity index (χ3v) is 1.31. The van der Waals surface area contributed by atoms with Crippen LogP contribution in [0.5, 0.6) is 0 Å². The standard InChI is InChI=1S/C6H12N2O/c1-8(2)6(9)7-5-3-4-5/h5H,3-4H2,1-2H3,(H,7,9). The van der Waals surface area contributed by atoms with Gasteiger partial charge >= 0.3 is 6.03 Å². The summed E-state index contributed by atoms with van der Waals surface area (Å²) < 4.78 is 0. The van der Waals surface area contributed by atoms with Crippen LogP contribution in [-0.4, -0.2) is 31.1 Å². The molecule has 0 aliphatic heterocycles. The molecule has 1 fully saturated rings. The van der Waals surface area contributed by atoms with Gasteiger partial charge in [0.2, 0.25) is 0 Å². The molecule has 52 valence electrons. The van der Waals surface area contributed by atoms with Crippen LogP contribution in [0, 0.1) is 0 Å². The average Bonchev–Trinajstić information content (AvgIpc) is 2.50. The van der Waals surface area contributed by atoms with Crippen LogP contribution in [0.1, 0.15) is 12.8 Å². The number of nitrogens with one attached hydrogen (secondary N) is 1. The zero-order valence-corrected chi connectivity index (χ0v) is 5.85. The third kappa shape index (κ3) is 1.91. The Balaban J connectivity index is 2.17. The predicted octanol–water partition coefficient (Wildman–Crippen LogP) is 0.420. The number of nitrogens with zero attached hydrogens (tertiary/aromatic N) is 1. The molecule has 1 aliphatic rings. The van der Waals surface area contributed by atoms with Crippen molar-refractivity contribution in [3.63, 3.8) is 0 Å². The minimum atomic E-state index is 0.0255. The lowest BCUT2D eigenvalue weighted by molar-refractivity contribution is 0.217. The van der Waals surface area contributed by atoms with E-state index >= 15 is 0 Å². The summed E-state index contributed by atoms with van der Waals surface area (Å²) in [6, 6.07) is 0.498. The van der Waals surface area contributed by atoms with Gasteiger partial charge < -0.3 is 10.2 Å². The Morgan fingerprint density at radius 3 is 2.44 bits per heavy atom. The first-order chi connectivity index (χ1) is 4.20. The van der Waals surface area contributed by atoms with Gasteiger partial charge in [-0.3, -0.25) is 0 Å². The molecule has 1 saturated carbocycles. The zero-order valence-electron chi connectivity index (χ0n) is 5.85. The molecular weight excluding hydrogens is 116 g/mol. The fourth-order valence-electron chi connectivity index (χ4n) is 0.531. The number of carbonyl (C=O) groups is 1. The van der Waals surface area contributed by atoms with Gasteiger partial charge in [0.05, 0.1) is 0 Å². The second-order valence-electron chi connectivity index (χ2n) is 2.62. The van der Waals surface area contributed by atoms with Crippen molar-refractivity contribution in [3.05, 3.63) is 0 Å². The van der Waals surface area contributed by atoms with E-state index in [1.54, 1.807) is 19.0 Å². The summed E-state index contributed by atoms with van der Waals surface area (Å²) in [4.78, 5) is 12.4. The number of carbonyl (C=O) groups excluding carboxylic acids is 1. The van der Waals surface area contributed by atoms with Crippen LogP contribution < -0.4 is 5.32 Å². The highest BCUT2D eigenvalue weighted by Crippen LogP contribution is 2.18. The quantitative estimate of drug-likeness (QED) is 0.545. The van der Waals surface area contributed by atoms with Crippen molar-refractivity contribution in [2.24, 2.45) is 0 Å². The Morgan fingerprint density at radius 2 is 2.11 bits per heavy atom. The van der Waals surface area contributed by atoms with Crippen LogP contribution >= 0.6 is 0 Å². The lowest BCUT2D eigenvalue weighted by Crippen LogP contribution is -2.35. The number of rotatable bonds is 1. The molecule has 0 radical (unpaired) electrons. The maximum atomic E-state index is 10.8. The van der Waals surface area contributed by atoms with E-state index in [1.165, 1.54) is 0 Å². The van der Waals surface area contributed by atoms with Gasteiger partial charge in [0.25, 0.3) is 0 Å². The molecule has 0 aromatic rings. The molecule has 0 bridgehead atoms. The van der Waals surface area contributed by atoms with E-state index in [0.717, 1.165) is 12.8 Å². The molecular formula is C6H12N2O. The molecule has 0 spiro atoms. The summed E-state index contributed by atoms with van der Waals surface area (Å²) >= 11 is 0. The first kappa shape index (κ1) is 6.39. The fraction of sp³-hybridized carbons (Fsp3) is 0.833. The van der Waals surface area contributed by atoms with E-state index in [9.17, 15) is 4.79 Å². The lowest BCUT2D eigenvalue weighted by atomic mass is 10.7. The maximum Gasteiger partial charge on any atom is 0.317 e. The summed E-state index contributed by atoms with van der Waals surface area (Å²) in [7, 11) is 3.50. The first-order valence-corrected chi connectivity index (χ1v) is 3.18. The molecule has 0 atom stereocenters. The first-order valence-electron chi connectivity index (χ1n) is 3.18. The Bertz CT molecular complexity index is 118. The van der Waals surface area contributed by atoms with Gasteiger partial charge in [-0.25, -0.2) is 4.79 Å². The normalized spacial score (nSPS) is 17.1. The lowest BCUT2D eigenvalue weighted by Gasteiger charge is -2.10. The molecule has 3 heteroatoms. The Kier molecular flexibility index (Phi) is 1.60. The SMILES string of the molecule is CN(C)C(=O)NC1CC1. The van der Waals surface area contributed by atoms with E-state index in [2.05, 4.69) is 5.32 Å². The molecule has 0 unspecified atom stereocenters. The summed E-state index contributed by atoms with van der Waals surface area (Å²) in [5, 5.41) is 2.84. The van der Waals surface area contributed by atoms with Crippen LogP contribution in [-0.2, 0) is 0 Å². The molecule has 0 aromatic heterocycles. The second kappa shape index (κ2) is 2.25. The topological polar surface area (TPSA) is 32.3 Å². The largest absolute Gasteiger partial charge is 0.335 e. The summed E-state index contributed by atoms with van der Waals surface area (Å²) in [5.41, 5.74) is 0. The van der Waals surface area contributed by atoms with Gasteiger partial charge in [-0.2, -0.15) is 0 Å². The Labute approximate surface area is 55.0 Å². The van der Waals surface area contributed by atoms with E-state index in [0.29, 0.717) is 6.04 Å². The summed E-state index contributed by atoms with van der Waals surface area (Å²) in [6.45, 7) is 0. The molecule has 9 heavy (non-hydrogen) atoms. The van der Waals surface area contributed by atoms with Crippen LogP contribution in [0.4, 0.5) is 4.79 Å². The number of hydrogen-bond donors (Lipinski definition) is 1. The molecule has 1 rings (SSSR count). The van der Waals surface area contributed by atoms with Crippen LogP contribution in [0.2, 0.25) is 0 Å². The highest BCUT2D eigenvalue weighted by molar-refractivity contribution is 5.74. The highest BCUT2D eigenvalue weighted by atomic mass is 16.2. The Morgan fingerprint density at radius 1 is 1.56 bits per heavy atom. The molecule has 3 nitrogen and oxygen atoms in total. The molecule has 2 amide bonds. The number of amides is 2. The van der Waals surface area contributed by atoms with Gasteiger partial charge in [-0.15, -0.1) is 0 Å². The minimum absolute atomic E-state index is 0.0255. The van der Waals surface area contributed by atoms with Crippen molar-refractivity contribution in [1.29, 1.82) is 0 Å². The highest BCUT2D eigenvalue weighted by Gasteiger charge is 2.23. The summed E-state index contributed by atoms with van der Waals surface area (Å²) in [5.74, 6) is 0. The molecule has 0 aromatic carbocycles. The van der Waals surface area contributed by atoms with E-state index in [-0.39, 0.29) is 6.03 Å². The zero-order chi connectivity index (χ0) is 6.85. The van der Waals surface area contributed by atoms with Crippen molar-refractivity contribution >= 4 is 6.03 Å². The van der Waals surface area contributed by atoms with Gasteiger partial charge in [0, 0.05) is 20.1 Å². The molecule has 0 heterocycles. The second-order valence-corrected chi connectivity index (χ2v) is 2.62. The molecule has 1 aliphatic carbocycles. The smallest absolute Gasteiger partial charge is 0.317 e. The van der Waals surface area contributed by atoms with Crippen molar-refractivity contribution in [2.75, 3.05) is 14.1 Å². The van der Waals surface area contributed by atoms with Gasteiger partial charge in [0.1, 0.15) is 0 Å². The average molecular weight is 128 g/mol. The van der Waals surface area contributed by atoms with E-state index < -0.39 is 0 Å². The van der Waals surface area contributed by atoms with E-state index in [1.807, 2.05) is 0 Å². The van der Waals surface area contributed by atoms with Crippen molar-refractivity contribution < 1.29 is 4.79 Å². The van der Waals surface area contributed by atoms with Crippen molar-refractivity contribution in [3.8, 4) is 0 Å².